The number of nitrogens with one attached hydrogen (secondary N) is 1. The lowest BCUT2D eigenvalue weighted by atomic mass is 10.1. The molecule has 0 aliphatic carbocycles. The number of aryl methyl sites for hydroxylation is 4. The number of piperazine rings is 1. The van der Waals surface area contributed by atoms with Gasteiger partial charge in [-0.15, -0.1) is 11.3 Å². The smallest absolute Gasteiger partial charge is 0.266 e. The van der Waals surface area contributed by atoms with Crippen LogP contribution in [-0.2, 0) is 0 Å². The van der Waals surface area contributed by atoms with E-state index in [1.807, 2.05) is 26.8 Å². The molecule has 1 fully saturated rings. The zero-order chi connectivity index (χ0) is 21.4. The Morgan fingerprint density at radius 2 is 1.83 bits per heavy atom. The second kappa shape index (κ2) is 8.32. The average molecular weight is 424 g/mol. The molecular weight excluding hydrogens is 394 g/mol. The summed E-state index contributed by atoms with van der Waals surface area (Å²) < 4.78 is 0. The third kappa shape index (κ3) is 3.91. The number of amides is 1. The molecule has 1 aliphatic rings. The summed E-state index contributed by atoms with van der Waals surface area (Å²) in [6, 6.07) is 6.20. The second-order valence-electron chi connectivity index (χ2n) is 7.97. The van der Waals surface area contributed by atoms with Crippen molar-refractivity contribution < 1.29 is 4.79 Å². The van der Waals surface area contributed by atoms with E-state index in [4.69, 9.17) is 0 Å². The first-order valence-electron chi connectivity index (χ1n) is 10.5. The lowest BCUT2D eigenvalue weighted by Gasteiger charge is -2.36. The SMILES string of the molecule is CCN1CCN(c2ccc(NC(=O)c3sc4nc(C)nc(C)c4c3C)cc2C)CC1. The first-order chi connectivity index (χ1) is 14.4. The molecule has 1 aliphatic heterocycles. The molecule has 0 radical (unpaired) electrons. The van der Waals surface area contributed by atoms with E-state index in [1.54, 1.807) is 0 Å². The van der Waals surface area contributed by atoms with E-state index in [9.17, 15) is 4.79 Å². The van der Waals surface area contributed by atoms with Gasteiger partial charge in [-0.05, 0) is 63.6 Å². The van der Waals surface area contributed by atoms with E-state index in [2.05, 4.69) is 51.1 Å². The molecule has 0 atom stereocenters. The third-order valence-electron chi connectivity index (χ3n) is 5.90. The van der Waals surface area contributed by atoms with Gasteiger partial charge in [-0.1, -0.05) is 6.92 Å². The molecule has 0 saturated carbocycles. The van der Waals surface area contributed by atoms with Crippen LogP contribution in [0.5, 0.6) is 0 Å². The lowest BCUT2D eigenvalue weighted by Crippen LogP contribution is -2.46. The number of likely N-dealkylation sites (N-methyl/N-ethyl adjacent to an activating group) is 1. The number of anilines is 2. The molecule has 0 unspecified atom stereocenters. The molecule has 1 saturated heterocycles. The van der Waals surface area contributed by atoms with Gasteiger partial charge in [0.1, 0.15) is 10.7 Å². The van der Waals surface area contributed by atoms with Gasteiger partial charge in [0.15, 0.2) is 0 Å². The molecule has 1 N–H and O–H groups in total. The molecule has 1 aromatic carbocycles. The monoisotopic (exact) mass is 423 g/mol. The molecule has 158 valence electrons. The predicted octanol–water partition coefficient (Wildman–Crippen LogP) is 4.32. The van der Waals surface area contributed by atoms with Gasteiger partial charge < -0.3 is 15.1 Å². The molecule has 30 heavy (non-hydrogen) atoms. The summed E-state index contributed by atoms with van der Waals surface area (Å²) in [7, 11) is 0. The third-order valence-corrected chi connectivity index (χ3v) is 7.09. The Morgan fingerprint density at radius 1 is 1.10 bits per heavy atom. The highest BCUT2D eigenvalue weighted by atomic mass is 32.1. The number of rotatable bonds is 4. The van der Waals surface area contributed by atoms with Crippen LogP contribution in [0.15, 0.2) is 18.2 Å². The Hall–Kier alpha value is -2.51. The zero-order valence-corrected chi connectivity index (χ0v) is 19.2. The summed E-state index contributed by atoms with van der Waals surface area (Å²) in [4.78, 5) is 28.5. The summed E-state index contributed by atoms with van der Waals surface area (Å²) in [6.45, 7) is 15.6. The second-order valence-corrected chi connectivity index (χ2v) is 8.97. The maximum absolute atomic E-state index is 13.0. The van der Waals surface area contributed by atoms with Crippen molar-refractivity contribution in [2.75, 3.05) is 42.9 Å². The van der Waals surface area contributed by atoms with Crippen molar-refractivity contribution >= 4 is 38.8 Å². The van der Waals surface area contributed by atoms with Crippen molar-refractivity contribution in [2.45, 2.75) is 34.6 Å². The van der Waals surface area contributed by atoms with Crippen LogP contribution < -0.4 is 10.2 Å². The van der Waals surface area contributed by atoms with Gasteiger partial charge in [0, 0.05) is 48.6 Å². The van der Waals surface area contributed by atoms with Crippen LogP contribution in [-0.4, -0.2) is 53.5 Å². The number of aromatic nitrogens is 2. The van der Waals surface area contributed by atoms with Crippen molar-refractivity contribution in [3.63, 3.8) is 0 Å². The zero-order valence-electron chi connectivity index (χ0n) is 18.4. The number of carbonyl (C=O) groups is 1. The summed E-state index contributed by atoms with van der Waals surface area (Å²) >= 11 is 1.44. The van der Waals surface area contributed by atoms with E-state index in [0.29, 0.717) is 4.88 Å². The molecule has 4 rings (SSSR count). The highest BCUT2D eigenvalue weighted by molar-refractivity contribution is 7.20. The molecule has 0 bridgehead atoms. The Balaban J connectivity index is 1.53. The molecule has 2 aromatic heterocycles. The largest absolute Gasteiger partial charge is 0.369 e. The van der Waals surface area contributed by atoms with E-state index in [-0.39, 0.29) is 5.91 Å². The molecule has 6 nitrogen and oxygen atoms in total. The van der Waals surface area contributed by atoms with Gasteiger partial charge in [-0.25, -0.2) is 9.97 Å². The van der Waals surface area contributed by atoms with Crippen molar-refractivity contribution in [2.24, 2.45) is 0 Å². The standard InChI is InChI=1S/C23H29N5OS/c1-6-27-9-11-28(12-10-27)19-8-7-18(13-14(19)2)26-22(29)21-15(3)20-16(4)24-17(5)25-23(20)30-21/h7-8,13H,6,9-12H2,1-5H3,(H,26,29). The number of thiophene rings is 1. The minimum atomic E-state index is -0.0868. The fourth-order valence-electron chi connectivity index (χ4n) is 4.27. The van der Waals surface area contributed by atoms with Crippen LogP contribution in [0.1, 0.15) is 39.2 Å². The fourth-order valence-corrected chi connectivity index (χ4v) is 5.44. The summed E-state index contributed by atoms with van der Waals surface area (Å²) in [5.41, 5.74) is 5.14. The Labute approximate surface area is 181 Å². The van der Waals surface area contributed by atoms with Gasteiger partial charge >= 0.3 is 0 Å². The highest BCUT2D eigenvalue weighted by Crippen LogP contribution is 2.32. The van der Waals surface area contributed by atoms with Crippen LogP contribution in [0.4, 0.5) is 11.4 Å². The minimum Gasteiger partial charge on any atom is -0.369 e. The fraction of sp³-hybridized carbons (Fsp3) is 0.435. The molecule has 3 heterocycles. The molecular formula is C23H29N5OS. The topological polar surface area (TPSA) is 61.4 Å². The number of nitrogens with zero attached hydrogens (tertiary/aromatic N) is 4. The summed E-state index contributed by atoms with van der Waals surface area (Å²) in [5.74, 6) is 0.649. The number of benzene rings is 1. The lowest BCUT2D eigenvalue weighted by molar-refractivity contribution is 0.103. The Kier molecular flexibility index (Phi) is 5.75. The van der Waals surface area contributed by atoms with Crippen molar-refractivity contribution in [1.29, 1.82) is 0 Å². The van der Waals surface area contributed by atoms with Gasteiger partial charge in [0.2, 0.25) is 0 Å². The van der Waals surface area contributed by atoms with Crippen molar-refractivity contribution in [1.82, 2.24) is 14.9 Å². The molecule has 0 spiro atoms. The minimum absolute atomic E-state index is 0.0868. The van der Waals surface area contributed by atoms with Crippen LogP contribution >= 0.6 is 11.3 Å². The first-order valence-corrected chi connectivity index (χ1v) is 11.3. The van der Waals surface area contributed by atoms with Gasteiger partial charge in [-0.3, -0.25) is 4.79 Å². The van der Waals surface area contributed by atoms with Gasteiger partial charge in [-0.2, -0.15) is 0 Å². The van der Waals surface area contributed by atoms with E-state index < -0.39 is 0 Å². The molecule has 1 amide bonds. The van der Waals surface area contributed by atoms with Crippen molar-refractivity contribution in [3.05, 3.63) is 45.7 Å². The Morgan fingerprint density at radius 3 is 2.50 bits per heavy atom. The quantitative estimate of drug-likeness (QED) is 0.677. The van der Waals surface area contributed by atoms with Gasteiger partial charge in [0.05, 0.1) is 4.88 Å². The predicted molar refractivity (Wildman–Crippen MR) is 125 cm³/mol. The summed E-state index contributed by atoms with van der Waals surface area (Å²) in [6.07, 6.45) is 0. The number of hydrogen-bond donors (Lipinski definition) is 1. The normalized spacial score (nSPS) is 15.0. The van der Waals surface area contributed by atoms with E-state index >= 15 is 0 Å². The average Bonchev–Trinajstić information content (AvgIpc) is 3.05. The van der Waals surface area contributed by atoms with E-state index in [0.717, 1.165) is 65.7 Å². The van der Waals surface area contributed by atoms with Crippen molar-refractivity contribution in [3.8, 4) is 0 Å². The van der Waals surface area contributed by atoms with Crippen LogP contribution in [0.25, 0.3) is 10.2 Å². The first kappa shape index (κ1) is 20.8. The van der Waals surface area contributed by atoms with Crippen LogP contribution in [0.2, 0.25) is 0 Å². The number of fused-ring (bicyclic) bond motifs is 1. The maximum Gasteiger partial charge on any atom is 0.266 e. The van der Waals surface area contributed by atoms with Crippen LogP contribution in [0.3, 0.4) is 0 Å². The maximum atomic E-state index is 13.0. The number of hydrogen-bond acceptors (Lipinski definition) is 6. The Bertz CT molecular complexity index is 1100. The molecule has 7 heteroatoms. The highest BCUT2D eigenvalue weighted by Gasteiger charge is 2.20. The van der Waals surface area contributed by atoms with Crippen LogP contribution in [0, 0.1) is 27.7 Å². The van der Waals surface area contributed by atoms with E-state index in [1.165, 1.54) is 22.6 Å². The molecule has 3 aromatic rings. The number of carbonyl (C=O) groups excluding carboxylic acids is 1. The summed E-state index contributed by atoms with van der Waals surface area (Å²) in [5, 5.41) is 4.07. The van der Waals surface area contributed by atoms with Gasteiger partial charge in [0.25, 0.3) is 5.91 Å².